The lowest BCUT2D eigenvalue weighted by Crippen LogP contribution is -2.56. The summed E-state index contributed by atoms with van der Waals surface area (Å²) in [5, 5.41) is 8.44. The third kappa shape index (κ3) is 5.24. The number of carbonyl (C=O) groups excluding carboxylic acids is 3. The summed E-state index contributed by atoms with van der Waals surface area (Å²) in [6, 6.07) is 3.47. The number of imide groups is 1. The molecular formula is C17H25BrN6O3. The third-order valence-corrected chi connectivity index (χ3v) is 4.70. The van der Waals surface area contributed by atoms with Crippen molar-refractivity contribution in [2.45, 2.75) is 32.4 Å². The van der Waals surface area contributed by atoms with E-state index in [-0.39, 0.29) is 35.2 Å². The van der Waals surface area contributed by atoms with E-state index in [9.17, 15) is 14.4 Å². The lowest BCUT2D eigenvalue weighted by atomic mass is 10.1. The number of hydrogen-bond donors (Lipinski definition) is 3. The molecule has 2 atom stereocenters. The molecule has 3 N–H and O–H groups in total. The molecule has 0 radical (unpaired) electrons. The summed E-state index contributed by atoms with van der Waals surface area (Å²) in [6.45, 7) is 6.55. The molecule has 0 saturated carbocycles. The van der Waals surface area contributed by atoms with E-state index in [0.29, 0.717) is 36.7 Å². The fraction of sp³-hybridized carbons (Fsp3) is 0.529. The van der Waals surface area contributed by atoms with Crippen LogP contribution in [0.25, 0.3) is 0 Å². The van der Waals surface area contributed by atoms with Crippen molar-refractivity contribution in [1.82, 2.24) is 20.5 Å². The maximum atomic E-state index is 12.3. The number of nitrogens with one attached hydrogen (secondary N) is 3. The van der Waals surface area contributed by atoms with Crippen molar-refractivity contribution in [3.63, 3.8) is 0 Å². The average molecular weight is 441 g/mol. The van der Waals surface area contributed by atoms with Gasteiger partial charge in [0.1, 0.15) is 5.82 Å². The van der Waals surface area contributed by atoms with Crippen molar-refractivity contribution in [1.29, 1.82) is 0 Å². The van der Waals surface area contributed by atoms with Crippen molar-refractivity contribution in [2.24, 2.45) is 0 Å². The highest BCUT2D eigenvalue weighted by atomic mass is 79.9. The van der Waals surface area contributed by atoms with Crippen molar-refractivity contribution < 1.29 is 14.4 Å². The number of aromatic nitrogens is 1. The van der Waals surface area contributed by atoms with Crippen molar-refractivity contribution in [3.8, 4) is 0 Å². The van der Waals surface area contributed by atoms with Gasteiger partial charge in [-0.15, -0.1) is 17.0 Å². The Morgan fingerprint density at radius 1 is 1.26 bits per heavy atom. The molecule has 4 amide bonds. The number of nitrogens with zero attached hydrogens (tertiary/aromatic N) is 3. The standard InChI is InChI=1S/C17H24N6O3.BrH/c1-11-7-18-8-12(2)23(11)10-16(25)20-13-3-4-14(19-9-13)22-6-5-15(24)21-17(22)26;/h3-4,9,11-12,18H,5-8,10H2,1-2H3,(H,20,25)(H,21,24,26);1H/t11-,12+;. The van der Waals surface area contributed by atoms with Crippen molar-refractivity contribution in [2.75, 3.05) is 36.4 Å². The zero-order valence-corrected chi connectivity index (χ0v) is 17.1. The number of carbonyl (C=O) groups is 3. The first-order valence-corrected chi connectivity index (χ1v) is 8.78. The second kappa shape index (κ2) is 9.25. The highest BCUT2D eigenvalue weighted by Gasteiger charge is 2.27. The number of hydrogen-bond acceptors (Lipinski definition) is 6. The summed E-state index contributed by atoms with van der Waals surface area (Å²) >= 11 is 0. The molecule has 148 valence electrons. The monoisotopic (exact) mass is 440 g/mol. The molecule has 0 unspecified atom stereocenters. The Morgan fingerprint density at radius 2 is 1.96 bits per heavy atom. The van der Waals surface area contributed by atoms with Gasteiger partial charge in [-0.3, -0.25) is 24.7 Å². The Kier molecular flexibility index (Phi) is 7.28. The van der Waals surface area contributed by atoms with Crippen LogP contribution in [0.3, 0.4) is 0 Å². The van der Waals surface area contributed by atoms with Crippen LogP contribution in [0.4, 0.5) is 16.3 Å². The minimum absolute atomic E-state index is 0. The second-order valence-corrected chi connectivity index (χ2v) is 6.74. The van der Waals surface area contributed by atoms with Gasteiger partial charge in [-0.25, -0.2) is 9.78 Å². The van der Waals surface area contributed by atoms with Crippen LogP contribution in [0.1, 0.15) is 20.3 Å². The summed E-state index contributed by atoms with van der Waals surface area (Å²) in [7, 11) is 0. The molecule has 27 heavy (non-hydrogen) atoms. The van der Waals surface area contributed by atoms with E-state index in [1.54, 1.807) is 12.1 Å². The van der Waals surface area contributed by atoms with Crippen LogP contribution in [-0.4, -0.2) is 66.0 Å². The smallest absolute Gasteiger partial charge is 0.324 e. The number of urea groups is 1. The van der Waals surface area contributed by atoms with Gasteiger partial charge in [0.05, 0.1) is 18.4 Å². The normalized spacial score (nSPS) is 23.4. The van der Waals surface area contributed by atoms with Gasteiger partial charge in [-0.1, -0.05) is 0 Å². The van der Waals surface area contributed by atoms with E-state index < -0.39 is 6.03 Å². The molecule has 3 rings (SSSR count). The van der Waals surface area contributed by atoms with Crippen LogP contribution in [-0.2, 0) is 9.59 Å². The highest BCUT2D eigenvalue weighted by Crippen LogP contribution is 2.17. The molecule has 0 bridgehead atoms. The fourth-order valence-electron chi connectivity index (χ4n) is 3.25. The Labute approximate surface area is 168 Å². The van der Waals surface area contributed by atoms with E-state index in [1.807, 2.05) is 0 Å². The van der Waals surface area contributed by atoms with E-state index >= 15 is 0 Å². The average Bonchev–Trinajstić information content (AvgIpc) is 2.59. The van der Waals surface area contributed by atoms with E-state index in [0.717, 1.165) is 13.1 Å². The Morgan fingerprint density at radius 3 is 2.56 bits per heavy atom. The van der Waals surface area contributed by atoms with Crippen molar-refractivity contribution in [3.05, 3.63) is 18.3 Å². The van der Waals surface area contributed by atoms with Crippen LogP contribution >= 0.6 is 17.0 Å². The predicted octanol–water partition coefficient (Wildman–Crippen LogP) is 0.726. The summed E-state index contributed by atoms with van der Waals surface area (Å²) in [4.78, 5) is 43.2. The van der Waals surface area contributed by atoms with Crippen LogP contribution < -0.4 is 20.9 Å². The Hall–Kier alpha value is -2.04. The number of rotatable bonds is 4. The van der Waals surface area contributed by atoms with E-state index in [1.165, 1.54) is 11.1 Å². The first-order valence-electron chi connectivity index (χ1n) is 8.78. The number of halogens is 1. The zero-order valence-electron chi connectivity index (χ0n) is 15.4. The van der Waals surface area contributed by atoms with Crippen LogP contribution in [0.2, 0.25) is 0 Å². The topological polar surface area (TPSA) is 107 Å². The van der Waals surface area contributed by atoms with Crippen molar-refractivity contribution >= 4 is 46.3 Å². The van der Waals surface area contributed by atoms with Gasteiger partial charge in [-0.05, 0) is 26.0 Å². The van der Waals surface area contributed by atoms with Gasteiger partial charge >= 0.3 is 6.03 Å². The Balaban J connectivity index is 0.00000261. The quantitative estimate of drug-likeness (QED) is 0.636. The number of pyridine rings is 1. The number of piperazine rings is 1. The summed E-state index contributed by atoms with van der Waals surface area (Å²) < 4.78 is 0. The highest BCUT2D eigenvalue weighted by molar-refractivity contribution is 8.93. The predicted molar refractivity (Wildman–Crippen MR) is 107 cm³/mol. The molecule has 1 aromatic heterocycles. The molecule has 3 heterocycles. The summed E-state index contributed by atoms with van der Waals surface area (Å²) in [5.41, 5.74) is 0.572. The zero-order chi connectivity index (χ0) is 18.7. The molecule has 1 aromatic rings. The molecule has 9 nitrogen and oxygen atoms in total. The molecule has 2 aliphatic rings. The van der Waals surface area contributed by atoms with Gasteiger partial charge < -0.3 is 10.6 Å². The molecular weight excluding hydrogens is 416 g/mol. The van der Waals surface area contributed by atoms with Crippen LogP contribution in [0, 0.1) is 0 Å². The first-order chi connectivity index (χ1) is 12.4. The summed E-state index contributed by atoms with van der Waals surface area (Å²) in [5.74, 6) is 0.0605. The molecule has 0 aliphatic carbocycles. The Bertz CT molecular complexity index is 688. The van der Waals surface area contributed by atoms with E-state index in [4.69, 9.17) is 0 Å². The van der Waals surface area contributed by atoms with Crippen LogP contribution in [0.5, 0.6) is 0 Å². The van der Waals surface area contributed by atoms with Gasteiger partial charge in [0, 0.05) is 38.1 Å². The third-order valence-electron chi connectivity index (χ3n) is 4.70. The molecule has 2 saturated heterocycles. The van der Waals surface area contributed by atoms with Gasteiger partial charge in [0.25, 0.3) is 0 Å². The van der Waals surface area contributed by atoms with Gasteiger partial charge in [0.2, 0.25) is 11.8 Å². The van der Waals surface area contributed by atoms with Crippen LogP contribution in [0.15, 0.2) is 18.3 Å². The minimum atomic E-state index is -0.479. The maximum Gasteiger partial charge on any atom is 0.329 e. The molecule has 2 aliphatic heterocycles. The maximum absolute atomic E-state index is 12.3. The second-order valence-electron chi connectivity index (χ2n) is 6.74. The lowest BCUT2D eigenvalue weighted by Gasteiger charge is -2.38. The number of anilines is 2. The lowest BCUT2D eigenvalue weighted by molar-refractivity contribution is -0.120. The SMILES string of the molecule is Br.C[C@@H]1CNC[C@H](C)N1CC(=O)Nc1ccc(N2CCC(=O)NC2=O)nc1. The fourth-order valence-corrected chi connectivity index (χ4v) is 3.25. The number of amides is 4. The van der Waals surface area contributed by atoms with Gasteiger partial charge in [-0.2, -0.15) is 0 Å². The molecule has 0 aromatic carbocycles. The van der Waals surface area contributed by atoms with Gasteiger partial charge in [0.15, 0.2) is 0 Å². The summed E-state index contributed by atoms with van der Waals surface area (Å²) in [6.07, 6.45) is 1.76. The first kappa shape index (κ1) is 21.3. The minimum Gasteiger partial charge on any atom is -0.324 e. The van der Waals surface area contributed by atoms with E-state index in [2.05, 4.69) is 39.7 Å². The molecule has 0 spiro atoms. The molecule has 2 fully saturated rings. The largest absolute Gasteiger partial charge is 0.329 e. The molecule has 10 heteroatoms.